The fraction of sp³-hybridized carbons (Fsp3) is 0.471. The molecule has 2 aromatic rings. The average Bonchev–Trinajstić information content (AvgIpc) is 3.24. The van der Waals surface area contributed by atoms with Crippen LogP contribution in [0, 0.1) is 5.92 Å². The van der Waals surface area contributed by atoms with E-state index in [1.807, 2.05) is 37.3 Å². The second-order valence-electron chi connectivity index (χ2n) is 6.03. The first kappa shape index (κ1) is 14.1. The van der Waals surface area contributed by atoms with Crippen LogP contribution >= 0.6 is 0 Å². The lowest BCUT2D eigenvalue weighted by atomic mass is 10.1. The van der Waals surface area contributed by atoms with Gasteiger partial charge in [-0.1, -0.05) is 18.2 Å². The van der Waals surface area contributed by atoms with Crippen LogP contribution in [0.2, 0.25) is 0 Å². The van der Waals surface area contributed by atoms with Crippen LogP contribution in [0.5, 0.6) is 0 Å². The van der Waals surface area contributed by atoms with Gasteiger partial charge in [0.05, 0.1) is 12.0 Å². The highest BCUT2D eigenvalue weighted by atomic mass is 16.3. The predicted octanol–water partition coefficient (Wildman–Crippen LogP) is 2.77. The maximum atomic E-state index is 12.5. The normalized spacial score (nSPS) is 17.7. The van der Waals surface area contributed by atoms with Crippen molar-refractivity contribution in [1.82, 2.24) is 4.90 Å². The minimum Gasteiger partial charge on any atom is -0.460 e. The van der Waals surface area contributed by atoms with Gasteiger partial charge in [0.15, 0.2) is 0 Å². The maximum absolute atomic E-state index is 12.5. The Hall–Kier alpha value is -1.81. The number of furan rings is 1. The Morgan fingerprint density at radius 1 is 1.43 bits per heavy atom. The maximum Gasteiger partial charge on any atom is 0.232 e. The van der Waals surface area contributed by atoms with Gasteiger partial charge in [-0.05, 0) is 37.8 Å². The van der Waals surface area contributed by atoms with Crippen molar-refractivity contribution in [2.24, 2.45) is 5.92 Å². The molecular formula is C17H21NO3. The molecule has 2 unspecified atom stereocenters. The molecule has 1 aromatic heterocycles. The zero-order valence-electron chi connectivity index (χ0n) is 12.5. The summed E-state index contributed by atoms with van der Waals surface area (Å²) in [4.78, 5) is 14.1. The second kappa shape index (κ2) is 5.53. The van der Waals surface area contributed by atoms with E-state index in [9.17, 15) is 9.90 Å². The smallest absolute Gasteiger partial charge is 0.232 e. The van der Waals surface area contributed by atoms with Crippen LogP contribution in [-0.2, 0) is 4.79 Å². The number of para-hydroxylation sites is 1. The summed E-state index contributed by atoms with van der Waals surface area (Å²) in [5.41, 5.74) is 0.799. The standard InChI is InChI=1S/C17H21NO3/c1-11(16-9-13-5-3-4-6-15(13)21-16)17(20)18(2)10-14(19)12-7-8-12/h3-6,9,11-12,14,19H,7-8,10H2,1-2H3. The number of nitrogens with zero attached hydrogens (tertiary/aromatic N) is 1. The second-order valence-corrected chi connectivity index (χ2v) is 6.03. The Labute approximate surface area is 124 Å². The third-order valence-corrected chi connectivity index (χ3v) is 4.25. The van der Waals surface area contributed by atoms with Gasteiger partial charge in [0.25, 0.3) is 0 Å². The Balaban J connectivity index is 1.70. The SMILES string of the molecule is CC(C(=O)N(C)CC(O)C1CC1)c1cc2ccccc2o1. The van der Waals surface area contributed by atoms with Gasteiger partial charge in [-0.2, -0.15) is 0 Å². The molecule has 0 spiro atoms. The van der Waals surface area contributed by atoms with Crippen molar-refractivity contribution < 1.29 is 14.3 Å². The number of aliphatic hydroxyl groups is 1. The largest absolute Gasteiger partial charge is 0.460 e. The Morgan fingerprint density at radius 3 is 2.81 bits per heavy atom. The van der Waals surface area contributed by atoms with Gasteiger partial charge in [0.1, 0.15) is 11.3 Å². The van der Waals surface area contributed by atoms with Crippen molar-refractivity contribution in [2.75, 3.05) is 13.6 Å². The molecule has 3 rings (SSSR count). The van der Waals surface area contributed by atoms with Crippen LogP contribution in [0.1, 0.15) is 31.4 Å². The summed E-state index contributed by atoms with van der Waals surface area (Å²) < 4.78 is 5.76. The van der Waals surface area contributed by atoms with Crippen LogP contribution in [-0.4, -0.2) is 35.6 Å². The van der Waals surface area contributed by atoms with E-state index in [2.05, 4.69) is 0 Å². The van der Waals surface area contributed by atoms with Crippen LogP contribution in [0.25, 0.3) is 11.0 Å². The van der Waals surface area contributed by atoms with Gasteiger partial charge in [0, 0.05) is 19.0 Å². The van der Waals surface area contributed by atoms with Crippen molar-refractivity contribution >= 4 is 16.9 Å². The third kappa shape index (κ3) is 2.95. The highest BCUT2D eigenvalue weighted by Gasteiger charge is 2.32. The number of benzene rings is 1. The number of amides is 1. The highest BCUT2D eigenvalue weighted by molar-refractivity contribution is 5.85. The van der Waals surface area contributed by atoms with Crippen molar-refractivity contribution in [3.05, 3.63) is 36.1 Å². The summed E-state index contributed by atoms with van der Waals surface area (Å²) in [6, 6.07) is 9.66. The van der Waals surface area contributed by atoms with E-state index in [4.69, 9.17) is 4.42 Å². The van der Waals surface area contributed by atoms with E-state index in [-0.39, 0.29) is 11.8 Å². The molecule has 0 radical (unpaired) electrons. The lowest BCUT2D eigenvalue weighted by molar-refractivity contribution is -0.132. The van der Waals surface area contributed by atoms with Crippen molar-refractivity contribution in [2.45, 2.75) is 31.8 Å². The molecule has 112 valence electrons. The fourth-order valence-corrected chi connectivity index (χ4v) is 2.67. The third-order valence-electron chi connectivity index (χ3n) is 4.25. The number of aliphatic hydroxyl groups excluding tert-OH is 1. The minimum atomic E-state index is -0.401. The number of carbonyl (C=O) groups excluding carboxylic acids is 1. The molecule has 0 aliphatic heterocycles. The quantitative estimate of drug-likeness (QED) is 0.920. The van der Waals surface area contributed by atoms with Crippen LogP contribution < -0.4 is 0 Å². The van der Waals surface area contributed by atoms with Gasteiger partial charge >= 0.3 is 0 Å². The highest BCUT2D eigenvalue weighted by Crippen LogP contribution is 2.33. The van der Waals surface area contributed by atoms with Gasteiger partial charge in [-0.25, -0.2) is 0 Å². The first-order chi connectivity index (χ1) is 10.1. The molecule has 4 heteroatoms. The minimum absolute atomic E-state index is 0.0197. The molecular weight excluding hydrogens is 266 g/mol. The molecule has 0 saturated heterocycles. The number of fused-ring (bicyclic) bond motifs is 1. The topological polar surface area (TPSA) is 53.7 Å². The molecule has 21 heavy (non-hydrogen) atoms. The summed E-state index contributed by atoms with van der Waals surface area (Å²) in [6.45, 7) is 2.24. The molecule has 1 heterocycles. The van der Waals surface area contributed by atoms with E-state index in [1.54, 1.807) is 11.9 Å². The van der Waals surface area contributed by atoms with E-state index < -0.39 is 6.10 Å². The Kier molecular flexibility index (Phi) is 3.72. The van der Waals surface area contributed by atoms with Crippen molar-refractivity contribution in [3.8, 4) is 0 Å². The number of carbonyl (C=O) groups is 1. The number of likely N-dealkylation sites (N-methyl/N-ethyl adjacent to an activating group) is 1. The van der Waals surface area contributed by atoms with Crippen molar-refractivity contribution in [1.29, 1.82) is 0 Å². The van der Waals surface area contributed by atoms with Gasteiger partial charge in [0.2, 0.25) is 5.91 Å². The summed E-state index contributed by atoms with van der Waals surface area (Å²) in [5.74, 6) is 0.693. The van der Waals surface area contributed by atoms with Crippen LogP contribution in [0.15, 0.2) is 34.7 Å². The van der Waals surface area contributed by atoms with E-state index in [0.29, 0.717) is 18.2 Å². The lowest BCUT2D eigenvalue weighted by Crippen LogP contribution is -2.37. The zero-order chi connectivity index (χ0) is 15.0. The number of hydrogen-bond acceptors (Lipinski definition) is 3. The van der Waals surface area contributed by atoms with Crippen LogP contribution in [0.3, 0.4) is 0 Å². The van der Waals surface area contributed by atoms with E-state index >= 15 is 0 Å². The first-order valence-electron chi connectivity index (χ1n) is 7.48. The molecule has 1 saturated carbocycles. The first-order valence-corrected chi connectivity index (χ1v) is 7.48. The van der Waals surface area contributed by atoms with Gasteiger partial charge < -0.3 is 14.4 Å². The Morgan fingerprint density at radius 2 is 2.14 bits per heavy atom. The molecule has 1 aliphatic rings. The lowest BCUT2D eigenvalue weighted by Gasteiger charge is -2.23. The monoisotopic (exact) mass is 287 g/mol. The fourth-order valence-electron chi connectivity index (χ4n) is 2.67. The zero-order valence-corrected chi connectivity index (χ0v) is 12.5. The molecule has 1 amide bonds. The van der Waals surface area contributed by atoms with E-state index in [1.165, 1.54) is 0 Å². The van der Waals surface area contributed by atoms with E-state index in [0.717, 1.165) is 23.8 Å². The summed E-state index contributed by atoms with van der Waals surface area (Å²) in [5, 5.41) is 11.0. The summed E-state index contributed by atoms with van der Waals surface area (Å²) >= 11 is 0. The van der Waals surface area contributed by atoms with Crippen LogP contribution in [0.4, 0.5) is 0 Å². The molecule has 0 bridgehead atoms. The molecule has 1 N–H and O–H groups in total. The molecule has 1 fully saturated rings. The number of hydrogen-bond donors (Lipinski definition) is 1. The summed E-state index contributed by atoms with van der Waals surface area (Å²) in [6.07, 6.45) is 1.74. The van der Waals surface area contributed by atoms with Crippen molar-refractivity contribution in [3.63, 3.8) is 0 Å². The molecule has 1 aliphatic carbocycles. The summed E-state index contributed by atoms with van der Waals surface area (Å²) in [7, 11) is 1.74. The molecule has 1 aromatic carbocycles. The molecule has 4 nitrogen and oxygen atoms in total. The predicted molar refractivity (Wildman–Crippen MR) is 81.0 cm³/mol. The number of rotatable bonds is 5. The van der Waals surface area contributed by atoms with Gasteiger partial charge in [-0.15, -0.1) is 0 Å². The van der Waals surface area contributed by atoms with Gasteiger partial charge in [-0.3, -0.25) is 4.79 Å². The molecule has 2 atom stereocenters. The average molecular weight is 287 g/mol. The Bertz CT molecular complexity index is 611.